The molecule has 9 nitrogen and oxygen atoms in total. The average molecular weight is 506 g/mol. The summed E-state index contributed by atoms with van der Waals surface area (Å²) in [4.78, 5) is 49.9. The molecular formula is C27H43N3O6. The van der Waals surface area contributed by atoms with E-state index < -0.39 is 48.4 Å². The zero-order valence-corrected chi connectivity index (χ0v) is 22.3. The summed E-state index contributed by atoms with van der Waals surface area (Å²) in [6, 6.07) is 6.52. The zero-order valence-electron chi connectivity index (χ0n) is 22.3. The van der Waals surface area contributed by atoms with E-state index in [0.717, 1.165) is 5.56 Å². The van der Waals surface area contributed by atoms with Gasteiger partial charge in [-0.25, -0.2) is 0 Å². The quantitative estimate of drug-likeness (QED) is 0.247. The summed E-state index contributed by atoms with van der Waals surface area (Å²) < 4.78 is 0. The van der Waals surface area contributed by atoms with E-state index in [0.29, 0.717) is 12.8 Å². The van der Waals surface area contributed by atoms with Gasteiger partial charge in [-0.15, -0.1) is 0 Å². The van der Waals surface area contributed by atoms with E-state index in [9.17, 15) is 24.3 Å². The van der Waals surface area contributed by atoms with Gasteiger partial charge in [-0.3, -0.25) is 19.2 Å². The van der Waals surface area contributed by atoms with Crippen molar-refractivity contribution in [1.29, 1.82) is 0 Å². The Balaban J connectivity index is 3.03. The molecule has 0 heterocycles. The van der Waals surface area contributed by atoms with Crippen LogP contribution in [0.3, 0.4) is 0 Å². The Kier molecular flexibility index (Phi) is 13.2. The standard InChI is InChI=1S/C27H43N3O6/c1-16(2)12-21(28-23(32)13-17(3)4)26(35)30-25(18(5)6)27(36)29-20(22(31)15-24(33)34)14-19-10-8-7-9-11-19/h7-11,16-18,20-22,25,31H,12-15H2,1-6H3,(H,28,32)(H,29,36)(H,30,35)(H,33,34)/t20-,21-,22-,25-/m0/s1. The molecule has 9 heteroatoms. The van der Waals surface area contributed by atoms with Crippen LogP contribution >= 0.6 is 0 Å². The number of aliphatic hydroxyl groups excluding tert-OH is 1. The van der Waals surface area contributed by atoms with Crippen molar-refractivity contribution in [1.82, 2.24) is 16.0 Å². The lowest BCUT2D eigenvalue weighted by Crippen LogP contribution is -2.58. The van der Waals surface area contributed by atoms with Gasteiger partial charge in [0.25, 0.3) is 0 Å². The van der Waals surface area contributed by atoms with Gasteiger partial charge in [-0.1, -0.05) is 71.9 Å². The van der Waals surface area contributed by atoms with Crippen molar-refractivity contribution in [3.05, 3.63) is 35.9 Å². The number of hydrogen-bond donors (Lipinski definition) is 5. The van der Waals surface area contributed by atoms with E-state index >= 15 is 0 Å². The monoisotopic (exact) mass is 505 g/mol. The maximum atomic E-state index is 13.3. The summed E-state index contributed by atoms with van der Waals surface area (Å²) in [6.07, 6.45) is -0.927. The average Bonchev–Trinajstić information content (AvgIpc) is 2.75. The molecule has 0 unspecified atom stereocenters. The predicted molar refractivity (Wildman–Crippen MR) is 138 cm³/mol. The molecule has 36 heavy (non-hydrogen) atoms. The van der Waals surface area contributed by atoms with Crippen molar-refractivity contribution in [2.45, 2.75) is 91.5 Å². The van der Waals surface area contributed by atoms with Crippen LogP contribution in [0.2, 0.25) is 0 Å². The highest BCUT2D eigenvalue weighted by molar-refractivity contribution is 5.92. The Hall–Kier alpha value is -2.94. The molecule has 0 spiro atoms. The molecule has 0 radical (unpaired) electrons. The van der Waals surface area contributed by atoms with Crippen molar-refractivity contribution in [3.63, 3.8) is 0 Å². The molecular weight excluding hydrogens is 462 g/mol. The van der Waals surface area contributed by atoms with Crippen LogP contribution in [0.1, 0.15) is 66.4 Å². The maximum Gasteiger partial charge on any atom is 0.306 e. The maximum absolute atomic E-state index is 13.3. The van der Waals surface area contributed by atoms with Gasteiger partial charge in [-0.2, -0.15) is 0 Å². The number of aliphatic hydroxyl groups is 1. The number of carboxylic acid groups (broad SMARTS) is 1. The number of aliphatic carboxylic acids is 1. The summed E-state index contributed by atoms with van der Waals surface area (Å²) >= 11 is 0. The SMILES string of the molecule is CC(C)CC(=O)N[C@@H](CC(C)C)C(=O)N[C@H](C(=O)N[C@@H](Cc1ccccc1)[C@@H](O)CC(=O)O)C(C)C. The van der Waals surface area contributed by atoms with Crippen LogP contribution in [-0.4, -0.2) is 58.1 Å². The zero-order chi connectivity index (χ0) is 27.4. The lowest BCUT2D eigenvalue weighted by molar-refractivity contribution is -0.140. The second-order valence-electron chi connectivity index (χ2n) is 10.5. The molecule has 0 saturated carbocycles. The number of benzene rings is 1. The molecule has 4 atom stereocenters. The first kappa shape index (κ1) is 31.1. The minimum Gasteiger partial charge on any atom is -0.481 e. The molecule has 1 aromatic rings. The van der Waals surface area contributed by atoms with Crippen molar-refractivity contribution >= 4 is 23.7 Å². The van der Waals surface area contributed by atoms with Crippen LogP contribution in [0.25, 0.3) is 0 Å². The van der Waals surface area contributed by atoms with Crippen LogP contribution in [0, 0.1) is 17.8 Å². The number of carbonyl (C=O) groups excluding carboxylic acids is 3. The molecule has 0 aliphatic rings. The molecule has 1 aromatic carbocycles. The van der Waals surface area contributed by atoms with Gasteiger partial charge in [0.1, 0.15) is 12.1 Å². The van der Waals surface area contributed by atoms with Crippen molar-refractivity contribution in [3.8, 4) is 0 Å². The molecule has 0 aromatic heterocycles. The third-order valence-electron chi connectivity index (χ3n) is 5.67. The second-order valence-corrected chi connectivity index (χ2v) is 10.5. The fourth-order valence-electron chi connectivity index (χ4n) is 3.86. The highest BCUT2D eigenvalue weighted by atomic mass is 16.4. The Morgan fingerprint density at radius 1 is 0.806 bits per heavy atom. The summed E-state index contributed by atoms with van der Waals surface area (Å²) in [6.45, 7) is 11.3. The first-order valence-corrected chi connectivity index (χ1v) is 12.6. The van der Waals surface area contributed by atoms with E-state index in [2.05, 4.69) is 16.0 Å². The van der Waals surface area contributed by atoms with Crippen LogP contribution in [0.15, 0.2) is 30.3 Å². The number of amides is 3. The number of rotatable bonds is 15. The number of nitrogens with one attached hydrogen (secondary N) is 3. The third kappa shape index (κ3) is 11.7. The van der Waals surface area contributed by atoms with Crippen LogP contribution in [-0.2, 0) is 25.6 Å². The molecule has 0 fully saturated rings. The number of carbonyl (C=O) groups is 4. The summed E-state index contributed by atoms with van der Waals surface area (Å²) in [7, 11) is 0. The van der Waals surface area contributed by atoms with E-state index in [4.69, 9.17) is 5.11 Å². The normalized spacial score (nSPS) is 14.7. The highest BCUT2D eigenvalue weighted by Crippen LogP contribution is 2.12. The first-order chi connectivity index (χ1) is 16.8. The van der Waals surface area contributed by atoms with E-state index in [1.54, 1.807) is 13.8 Å². The van der Waals surface area contributed by atoms with E-state index in [1.165, 1.54) is 0 Å². The Morgan fingerprint density at radius 3 is 1.92 bits per heavy atom. The molecule has 0 saturated heterocycles. The first-order valence-electron chi connectivity index (χ1n) is 12.6. The molecule has 0 bridgehead atoms. The molecule has 0 aliphatic carbocycles. The van der Waals surface area contributed by atoms with Crippen molar-refractivity contribution in [2.24, 2.45) is 17.8 Å². The fourth-order valence-corrected chi connectivity index (χ4v) is 3.86. The lowest BCUT2D eigenvalue weighted by Gasteiger charge is -2.29. The smallest absolute Gasteiger partial charge is 0.306 e. The van der Waals surface area contributed by atoms with Gasteiger partial charge in [0.05, 0.1) is 18.6 Å². The Labute approximate surface area is 214 Å². The molecule has 202 valence electrons. The minimum atomic E-state index is -1.32. The van der Waals surface area contributed by atoms with E-state index in [-0.39, 0.29) is 30.1 Å². The third-order valence-corrected chi connectivity index (χ3v) is 5.67. The second kappa shape index (κ2) is 15.2. The van der Waals surface area contributed by atoms with Gasteiger partial charge < -0.3 is 26.2 Å². The van der Waals surface area contributed by atoms with Gasteiger partial charge in [0.2, 0.25) is 17.7 Å². The van der Waals surface area contributed by atoms with Gasteiger partial charge in [-0.05, 0) is 36.2 Å². The van der Waals surface area contributed by atoms with Crippen LogP contribution in [0.5, 0.6) is 0 Å². The summed E-state index contributed by atoms with van der Waals surface area (Å²) in [5.41, 5.74) is 0.822. The van der Waals surface area contributed by atoms with E-state index in [1.807, 2.05) is 58.0 Å². The largest absolute Gasteiger partial charge is 0.481 e. The molecule has 1 rings (SSSR count). The number of hydrogen-bond acceptors (Lipinski definition) is 5. The van der Waals surface area contributed by atoms with Crippen LogP contribution < -0.4 is 16.0 Å². The Bertz CT molecular complexity index is 856. The molecule has 0 aliphatic heterocycles. The summed E-state index contributed by atoms with van der Waals surface area (Å²) in [5, 5.41) is 28.0. The topological polar surface area (TPSA) is 145 Å². The minimum absolute atomic E-state index is 0.132. The lowest BCUT2D eigenvalue weighted by atomic mass is 9.96. The molecule has 3 amide bonds. The van der Waals surface area contributed by atoms with Crippen molar-refractivity contribution in [2.75, 3.05) is 0 Å². The molecule has 5 N–H and O–H groups in total. The van der Waals surface area contributed by atoms with Gasteiger partial charge in [0.15, 0.2) is 0 Å². The Morgan fingerprint density at radius 2 is 1.42 bits per heavy atom. The highest BCUT2D eigenvalue weighted by Gasteiger charge is 2.32. The predicted octanol–water partition coefficient (Wildman–Crippen LogP) is 2.27. The van der Waals surface area contributed by atoms with Crippen LogP contribution in [0.4, 0.5) is 0 Å². The van der Waals surface area contributed by atoms with Gasteiger partial charge in [0, 0.05) is 6.42 Å². The summed E-state index contributed by atoms with van der Waals surface area (Å²) in [5.74, 6) is -2.42. The fraction of sp³-hybridized carbons (Fsp3) is 0.630. The number of carboxylic acids is 1. The van der Waals surface area contributed by atoms with Crippen molar-refractivity contribution < 1.29 is 29.4 Å². The van der Waals surface area contributed by atoms with Gasteiger partial charge >= 0.3 is 5.97 Å².